The maximum atomic E-state index is 11.6. The first kappa shape index (κ1) is 12.8. The van der Waals surface area contributed by atoms with Crippen LogP contribution in [-0.4, -0.2) is 21.4 Å². The Bertz CT molecular complexity index is 475. The molecule has 1 aromatic heterocycles. The molecule has 0 aromatic carbocycles. The lowest BCUT2D eigenvalue weighted by Gasteiger charge is -2.09. The van der Waals surface area contributed by atoms with E-state index in [4.69, 9.17) is 5.73 Å². The van der Waals surface area contributed by atoms with Crippen LogP contribution >= 0.6 is 0 Å². The van der Waals surface area contributed by atoms with E-state index in [-0.39, 0.29) is 11.9 Å². The zero-order valence-corrected chi connectivity index (χ0v) is 10.9. The molecular weight excluding hydrogens is 230 g/mol. The van der Waals surface area contributed by atoms with E-state index in [2.05, 4.69) is 23.8 Å². The van der Waals surface area contributed by atoms with Gasteiger partial charge in [-0.05, 0) is 12.3 Å². The lowest BCUT2D eigenvalue weighted by Crippen LogP contribution is -2.94. The molecule has 0 bridgehead atoms. The molecule has 0 fully saturated rings. The van der Waals surface area contributed by atoms with Gasteiger partial charge in [0.25, 0.3) is 0 Å². The van der Waals surface area contributed by atoms with Crippen LogP contribution in [0.5, 0.6) is 0 Å². The van der Waals surface area contributed by atoms with E-state index in [0.29, 0.717) is 11.5 Å². The Morgan fingerprint density at radius 3 is 2.94 bits per heavy atom. The number of carbonyl (C=O) groups is 1. The largest absolute Gasteiger partial charge is 0.372 e. The Kier molecular flexibility index (Phi) is 3.76. The monoisotopic (exact) mass is 250 g/mol. The molecule has 0 saturated heterocycles. The summed E-state index contributed by atoms with van der Waals surface area (Å²) in [4.78, 5) is 19.9. The van der Waals surface area contributed by atoms with Crippen molar-refractivity contribution in [2.45, 2.75) is 39.7 Å². The Morgan fingerprint density at radius 1 is 1.44 bits per heavy atom. The molecule has 0 atom stereocenters. The number of hydrogen-bond donors (Lipinski definition) is 2. The number of aromatic nitrogens is 2. The van der Waals surface area contributed by atoms with Crippen molar-refractivity contribution in [3.05, 3.63) is 12.0 Å². The summed E-state index contributed by atoms with van der Waals surface area (Å²) in [5.41, 5.74) is 6.01. The SMILES string of the molecule is CC(C)CCCCn1cnc2c1N=C(N)[NH2+]C2=O. The summed E-state index contributed by atoms with van der Waals surface area (Å²) < 4.78 is 1.91. The third-order valence-corrected chi connectivity index (χ3v) is 2.99. The van der Waals surface area contributed by atoms with Crippen LogP contribution in [0.2, 0.25) is 0 Å². The lowest BCUT2D eigenvalue weighted by atomic mass is 10.1. The van der Waals surface area contributed by atoms with Crippen LogP contribution in [0.1, 0.15) is 43.6 Å². The second kappa shape index (κ2) is 5.30. The van der Waals surface area contributed by atoms with Gasteiger partial charge >= 0.3 is 11.9 Å². The first-order chi connectivity index (χ1) is 8.58. The normalized spacial score (nSPS) is 14.8. The summed E-state index contributed by atoms with van der Waals surface area (Å²) in [7, 11) is 0. The molecule has 6 nitrogen and oxygen atoms in total. The Hall–Kier alpha value is -1.69. The Balaban J connectivity index is 2.01. The lowest BCUT2D eigenvalue weighted by molar-refractivity contribution is -0.433. The molecule has 2 heterocycles. The summed E-state index contributed by atoms with van der Waals surface area (Å²) in [6.45, 7) is 5.27. The molecule has 0 unspecified atom stereocenters. The second-order valence-corrected chi connectivity index (χ2v) is 5.05. The molecule has 98 valence electrons. The molecule has 0 spiro atoms. The maximum Gasteiger partial charge on any atom is 0.372 e. The minimum Gasteiger partial charge on any atom is -0.337 e. The van der Waals surface area contributed by atoms with Crippen molar-refractivity contribution >= 4 is 17.7 Å². The number of primary amides is 1. The van der Waals surface area contributed by atoms with Gasteiger partial charge in [-0.15, -0.1) is 0 Å². The van der Waals surface area contributed by atoms with E-state index in [0.717, 1.165) is 18.9 Å². The van der Waals surface area contributed by atoms with Crippen molar-refractivity contribution in [2.75, 3.05) is 0 Å². The van der Waals surface area contributed by atoms with Crippen molar-refractivity contribution in [3.8, 4) is 0 Å². The summed E-state index contributed by atoms with van der Waals surface area (Å²) >= 11 is 0. The quantitative estimate of drug-likeness (QED) is 0.740. The van der Waals surface area contributed by atoms with Gasteiger partial charge in [0.15, 0.2) is 5.82 Å². The summed E-state index contributed by atoms with van der Waals surface area (Å²) in [6, 6.07) is 0. The molecule has 6 heteroatoms. The van der Waals surface area contributed by atoms with E-state index in [1.54, 1.807) is 6.33 Å². The fourth-order valence-corrected chi connectivity index (χ4v) is 2.02. The number of hydrogen-bond acceptors (Lipinski definition) is 4. The maximum absolute atomic E-state index is 11.6. The molecule has 1 aliphatic heterocycles. The highest BCUT2D eigenvalue weighted by molar-refractivity contribution is 5.98. The molecule has 2 rings (SSSR count). The van der Waals surface area contributed by atoms with Gasteiger partial charge in [0.1, 0.15) is 0 Å². The number of carbonyl (C=O) groups excluding carboxylic acids is 1. The predicted octanol–water partition coefficient (Wildman–Crippen LogP) is 0.373. The average molecular weight is 250 g/mol. The third kappa shape index (κ3) is 2.76. The minimum atomic E-state index is -0.154. The second-order valence-electron chi connectivity index (χ2n) is 5.05. The van der Waals surface area contributed by atoms with Crippen LogP contribution in [0.25, 0.3) is 0 Å². The number of rotatable bonds is 5. The van der Waals surface area contributed by atoms with Crippen molar-refractivity contribution in [2.24, 2.45) is 16.6 Å². The Labute approximate surface area is 106 Å². The zero-order chi connectivity index (χ0) is 13.1. The standard InChI is InChI=1S/C12H19N5O/c1-8(2)5-3-4-6-17-7-14-9-10(17)15-12(13)16-11(9)18/h7-8H,3-6H2,1-2H3,(H3,13,15,16,18)/p+1. The number of fused-ring (bicyclic) bond motifs is 1. The molecule has 1 aliphatic rings. The van der Waals surface area contributed by atoms with E-state index >= 15 is 0 Å². The first-order valence-corrected chi connectivity index (χ1v) is 6.36. The number of imidazole rings is 1. The number of unbranched alkanes of at least 4 members (excludes halogenated alkanes) is 1. The molecule has 18 heavy (non-hydrogen) atoms. The molecular formula is C12H20N5O+. The first-order valence-electron chi connectivity index (χ1n) is 6.36. The van der Waals surface area contributed by atoms with Gasteiger partial charge in [0.05, 0.1) is 6.33 Å². The van der Waals surface area contributed by atoms with Crippen molar-refractivity contribution in [3.63, 3.8) is 0 Å². The zero-order valence-electron chi connectivity index (χ0n) is 10.9. The predicted molar refractivity (Wildman–Crippen MR) is 68.5 cm³/mol. The smallest absolute Gasteiger partial charge is 0.337 e. The minimum absolute atomic E-state index is 0.154. The van der Waals surface area contributed by atoms with Gasteiger partial charge in [0.2, 0.25) is 5.69 Å². The van der Waals surface area contributed by atoms with Crippen molar-refractivity contribution in [1.82, 2.24) is 9.55 Å². The van der Waals surface area contributed by atoms with Gasteiger partial charge in [-0.1, -0.05) is 26.7 Å². The van der Waals surface area contributed by atoms with Crippen LogP contribution in [-0.2, 0) is 6.54 Å². The van der Waals surface area contributed by atoms with Crippen molar-refractivity contribution in [1.29, 1.82) is 0 Å². The molecule has 1 aromatic rings. The van der Waals surface area contributed by atoms with Crippen LogP contribution in [0.3, 0.4) is 0 Å². The molecule has 0 aliphatic carbocycles. The summed E-state index contributed by atoms with van der Waals surface area (Å²) in [5, 5.41) is 1.32. The molecule has 0 radical (unpaired) electrons. The summed E-state index contributed by atoms with van der Waals surface area (Å²) in [5.74, 6) is 1.44. The molecule has 0 saturated carbocycles. The highest BCUT2D eigenvalue weighted by Crippen LogP contribution is 2.20. The molecule has 1 amide bonds. The van der Waals surface area contributed by atoms with Crippen LogP contribution in [0.4, 0.5) is 5.82 Å². The number of quaternary nitrogens is 1. The average Bonchev–Trinajstić information content (AvgIpc) is 2.67. The highest BCUT2D eigenvalue weighted by Gasteiger charge is 2.27. The van der Waals surface area contributed by atoms with Crippen molar-refractivity contribution < 1.29 is 10.1 Å². The number of aryl methyl sites for hydroxylation is 1. The fourth-order valence-electron chi connectivity index (χ4n) is 2.02. The van der Waals surface area contributed by atoms with E-state index < -0.39 is 0 Å². The number of nitrogens with two attached hydrogens (primary N) is 2. The van der Waals surface area contributed by atoms with Gasteiger partial charge in [-0.25, -0.2) is 15.1 Å². The van der Waals surface area contributed by atoms with Gasteiger partial charge < -0.3 is 10.3 Å². The van der Waals surface area contributed by atoms with E-state index in [9.17, 15) is 4.79 Å². The van der Waals surface area contributed by atoms with Gasteiger partial charge in [-0.3, -0.25) is 0 Å². The van der Waals surface area contributed by atoms with E-state index in [1.807, 2.05) is 4.57 Å². The summed E-state index contributed by atoms with van der Waals surface area (Å²) in [6.07, 6.45) is 5.13. The van der Waals surface area contributed by atoms with Gasteiger partial charge in [0, 0.05) is 6.54 Å². The number of aliphatic imine (C=N–C) groups is 1. The highest BCUT2D eigenvalue weighted by atomic mass is 16.2. The Morgan fingerprint density at radius 2 is 2.22 bits per heavy atom. The van der Waals surface area contributed by atoms with Crippen LogP contribution in [0.15, 0.2) is 11.3 Å². The number of nitrogens with zero attached hydrogens (tertiary/aromatic N) is 3. The molecule has 4 N–H and O–H groups in total. The van der Waals surface area contributed by atoms with E-state index in [1.165, 1.54) is 18.2 Å². The van der Waals surface area contributed by atoms with Gasteiger partial charge in [-0.2, -0.15) is 4.99 Å². The topological polar surface area (TPSA) is 89.9 Å². The van der Waals surface area contributed by atoms with Crippen LogP contribution in [0, 0.1) is 5.92 Å². The number of amides is 1. The third-order valence-electron chi connectivity index (χ3n) is 2.99. The number of guanidine groups is 1. The fraction of sp³-hybridized carbons (Fsp3) is 0.583. The van der Waals surface area contributed by atoms with Crippen LogP contribution < -0.4 is 11.1 Å².